The molecule has 1 N–H and O–H groups in total. The van der Waals surface area contributed by atoms with Gasteiger partial charge in [0, 0.05) is 51.3 Å². The summed E-state index contributed by atoms with van der Waals surface area (Å²) in [5, 5.41) is 3.16. The second-order valence-corrected chi connectivity index (χ2v) is 9.31. The molecule has 2 aromatic rings. The Bertz CT molecular complexity index is 1110. The number of carbonyl (C=O) groups excluding carboxylic acids is 2. The fraction of sp³-hybridized carbons (Fsp3) is 0.500. The Hall–Kier alpha value is -3.08. The average molecular weight is 526 g/mol. The van der Waals surface area contributed by atoms with Gasteiger partial charge in [-0.1, -0.05) is 11.6 Å². The lowest BCUT2D eigenvalue weighted by molar-refractivity contribution is -0.141. The van der Waals surface area contributed by atoms with Crippen LogP contribution in [0.3, 0.4) is 0 Å². The predicted octanol–water partition coefficient (Wildman–Crippen LogP) is 4.54. The molecule has 1 aromatic heterocycles. The molecular formula is C24H27ClF3N5O3. The van der Waals surface area contributed by atoms with Crippen molar-refractivity contribution in [2.24, 2.45) is 0 Å². The number of benzene rings is 1. The predicted molar refractivity (Wildman–Crippen MR) is 128 cm³/mol. The number of likely N-dealkylation sites (tertiary alicyclic amines) is 1. The summed E-state index contributed by atoms with van der Waals surface area (Å²) in [5.41, 5.74) is -0.467. The summed E-state index contributed by atoms with van der Waals surface area (Å²) in [7, 11) is 0. The molecule has 2 saturated heterocycles. The van der Waals surface area contributed by atoms with E-state index < -0.39 is 17.9 Å². The minimum absolute atomic E-state index is 0.0442. The third-order valence-corrected chi connectivity index (χ3v) is 6.66. The van der Waals surface area contributed by atoms with Crippen LogP contribution in [0.15, 0.2) is 30.5 Å². The number of nitrogens with zero attached hydrogens (tertiary/aromatic N) is 4. The van der Waals surface area contributed by atoms with E-state index in [0.29, 0.717) is 55.4 Å². The smallest absolute Gasteiger partial charge is 0.433 e. The first-order valence-electron chi connectivity index (χ1n) is 11.8. The second-order valence-electron chi connectivity index (χ2n) is 8.90. The molecule has 4 rings (SSSR count). The van der Waals surface area contributed by atoms with Crippen LogP contribution in [-0.2, 0) is 15.8 Å². The zero-order chi connectivity index (χ0) is 25.9. The summed E-state index contributed by atoms with van der Waals surface area (Å²) < 4.78 is 44.8. The highest BCUT2D eigenvalue weighted by atomic mass is 35.5. The van der Waals surface area contributed by atoms with E-state index in [-0.39, 0.29) is 23.9 Å². The Morgan fingerprint density at radius 1 is 1.11 bits per heavy atom. The van der Waals surface area contributed by atoms with Gasteiger partial charge in [-0.2, -0.15) is 13.2 Å². The van der Waals surface area contributed by atoms with Crippen molar-refractivity contribution in [3.8, 4) is 5.75 Å². The normalized spacial score (nSPS) is 19.2. The summed E-state index contributed by atoms with van der Waals surface area (Å²) in [6.07, 6.45) is -0.110. The monoisotopic (exact) mass is 525 g/mol. The Morgan fingerprint density at radius 2 is 1.86 bits per heavy atom. The zero-order valence-corrected chi connectivity index (χ0v) is 20.5. The Kier molecular flexibility index (Phi) is 7.87. The molecule has 0 radical (unpaired) electrons. The fourth-order valence-electron chi connectivity index (χ4n) is 4.49. The van der Waals surface area contributed by atoms with Crippen LogP contribution in [0.4, 0.5) is 24.8 Å². The third kappa shape index (κ3) is 6.18. The van der Waals surface area contributed by atoms with Gasteiger partial charge in [0.15, 0.2) is 0 Å². The summed E-state index contributed by atoms with van der Waals surface area (Å²) in [5.74, 6) is 0.121. The molecule has 194 valence electrons. The quantitative estimate of drug-likeness (QED) is 0.617. The standard InChI is InChI=1S/C24H27ClF3N5O3/c1-15(34)33-11-3-2-4-19(33)22(35)30-16-5-6-20(18(25)14-16)36-17-8-12-32(13-9-17)23-29-10-7-21(31-23)24(26,27)28/h5-7,10,14,17,19H,2-4,8-9,11-13H2,1H3,(H,30,35). The number of halogens is 4. The number of anilines is 2. The maximum atomic E-state index is 12.9. The molecular weight excluding hydrogens is 499 g/mol. The molecule has 1 unspecified atom stereocenters. The lowest BCUT2D eigenvalue weighted by Crippen LogP contribution is -2.49. The van der Waals surface area contributed by atoms with E-state index in [9.17, 15) is 22.8 Å². The molecule has 3 heterocycles. The average Bonchev–Trinajstić information content (AvgIpc) is 2.85. The Labute approximate surface area is 211 Å². The van der Waals surface area contributed by atoms with Crippen molar-refractivity contribution in [3.63, 3.8) is 0 Å². The van der Waals surface area contributed by atoms with E-state index in [1.54, 1.807) is 28.0 Å². The number of alkyl halides is 3. The van der Waals surface area contributed by atoms with Crippen LogP contribution < -0.4 is 15.0 Å². The molecule has 8 nitrogen and oxygen atoms in total. The molecule has 36 heavy (non-hydrogen) atoms. The summed E-state index contributed by atoms with van der Waals surface area (Å²) in [6, 6.07) is 5.30. The van der Waals surface area contributed by atoms with Crippen molar-refractivity contribution < 1.29 is 27.5 Å². The van der Waals surface area contributed by atoms with E-state index in [1.165, 1.54) is 6.92 Å². The van der Waals surface area contributed by atoms with Crippen molar-refractivity contribution in [1.82, 2.24) is 14.9 Å². The Morgan fingerprint density at radius 3 is 2.53 bits per heavy atom. The SMILES string of the molecule is CC(=O)N1CCCCC1C(=O)Nc1ccc(OC2CCN(c3nccc(C(F)(F)F)n3)CC2)c(Cl)c1. The number of hydrogen-bond acceptors (Lipinski definition) is 6. The fourth-order valence-corrected chi connectivity index (χ4v) is 4.72. The van der Waals surface area contributed by atoms with Crippen LogP contribution in [0, 0.1) is 0 Å². The molecule has 2 fully saturated rings. The lowest BCUT2D eigenvalue weighted by atomic mass is 10.0. The van der Waals surface area contributed by atoms with Crippen LogP contribution in [0.2, 0.25) is 5.02 Å². The molecule has 0 saturated carbocycles. The molecule has 12 heteroatoms. The van der Waals surface area contributed by atoms with Gasteiger partial charge in [-0.3, -0.25) is 9.59 Å². The van der Waals surface area contributed by atoms with Gasteiger partial charge in [0.2, 0.25) is 17.8 Å². The summed E-state index contributed by atoms with van der Waals surface area (Å²) in [6.45, 7) is 2.91. The van der Waals surface area contributed by atoms with E-state index >= 15 is 0 Å². The van der Waals surface area contributed by atoms with Crippen molar-refractivity contribution in [1.29, 1.82) is 0 Å². The molecule has 0 bridgehead atoms. The second kappa shape index (κ2) is 10.9. The van der Waals surface area contributed by atoms with Gasteiger partial charge in [-0.25, -0.2) is 9.97 Å². The maximum absolute atomic E-state index is 12.9. The lowest BCUT2D eigenvalue weighted by Gasteiger charge is -2.34. The number of carbonyl (C=O) groups is 2. The van der Waals surface area contributed by atoms with Crippen LogP contribution in [0.25, 0.3) is 0 Å². The molecule has 2 amide bonds. The van der Waals surface area contributed by atoms with Crippen LogP contribution in [0.1, 0.15) is 44.7 Å². The first-order chi connectivity index (χ1) is 17.1. The number of rotatable bonds is 5. The first kappa shape index (κ1) is 26.0. The van der Waals surface area contributed by atoms with Gasteiger partial charge in [0.25, 0.3) is 0 Å². The number of ether oxygens (including phenoxy) is 1. The van der Waals surface area contributed by atoms with Crippen molar-refractivity contribution >= 4 is 35.1 Å². The number of aromatic nitrogens is 2. The van der Waals surface area contributed by atoms with Gasteiger partial charge in [0.1, 0.15) is 23.6 Å². The highest BCUT2D eigenvalue weighted by Crippen LogP contribution is 2.32. The van der Waals surface area contributed by atoms with E-state index in [1.807, 2.05) is 0 Å². The van der Waals surface area contributed by atoms with Crippen molar-refractivity contribution in [2.45, 2.75) is 57.3 Å². The van der Waals surface area contributed by atoms with E-state index in [4.69, 9.17) is 16.3 Å². The molecule has 1 aromatic carbocycles. The number of hydrogen-bond donors (Lipinski definition) is 1. The van der Waals surface area contributed by atoms with Gasteiger partial charge in [-0.05, 0) is 43.5 Å². The topological polar surface area (TPSA) is 87.7 Å². The number of nitrogens with one attached hydrogen (secondary N) is 1. The minimum atomic E-state index is -4.52. The zero-order valence-electron chi connectivity index (χ0n) is 19.7. The third-order valence-electron chi connectivity index (χ3n) is 6.36. The van der Waals surface area contributed by atoms with Crippen LogP contribution in [0.5, 0.6) is 5.75 Å². The maximum Gasteiger partial charge on any atom is 0.433 e. The molecule has 0 spiro atoms. The minimum Gasteiger partial charge on any atom is -0.489 e. The van der Waals surface area contributed by atoms with Gasteiger partial charge in [0.05, 0.1) is 5.02 Å². The molecule has 0 aliphatic carbocycles. The first-order valence-corrected chi connectivity index (χ1v) is 12.2. The van der Waals surface area contributed by atoms with Crippen molar-refractivity contribution in [3.05, 3.63) is 41.2 Å². The number of piperidine rings is 2. The van der Waals surface area contributed by atoms with E-state index in [2.05, 4.69) is 15.3 Å². The van der Waals surface area contributed by atoms with Crippen LogP contribution >= 0.6 is 11.6 Å². The Balaban J connectivity index is 1.32. The molecule has 1 atom stereocenters. The van der Waals surface area contributed by atoms with Gasteiger partial charge >= 0.3 is 6.18 Å². The molecule has 2 aliphatic heterocycles. The van der Waals surface area contributed by atoms with Crippen LogP contribution in [-0.4, -0.2) is 58.5 Å². The van der Waals surface area contributed by atoms with E-state index in [0.717, 1.165) is 25.1 Å². The highest BCUT2D eigenvalue weighted by Gasteiger charge is 2.34. The highest BCUT2D eigenvalue weighted by molar-refractivity contribution is 6.32. The molecule has 2 aliphatic rings. The van der Waals surface area contributed by atoms with Crippen molar-refractivity contribution in [2.75, 3.05) is 29.9 Å². The largest absolute Gasteiger partial charge is 0.489 e. The van der Waals surface area contributed by atoms with Gasteiger partial charge in [-0.15, -0.1) is 0 Å². The summed E-state index contributed by atoms with van der Waals surface area (Å²) in [4.78, 5) is 35.5. The summed E-state index contributed by atoms with van der Waals surface area (Å²) >= 11 is 6.40. The number of amides is 2. The van der Waals surface area contributed by atoms with Gasteiger partial charge < -0.3 is 19.9 Å².